The molecule has 2 aliphatic heterocycles. The number of hydrogen-bond donors (Lipinski definition) is 0. The standard InChI is InChI=1S/C7H3I3Se4/c1-2-3(8)12-6(11-2)7-13-4(9)5(10)14-7/h1H3. The van der Waals surface area contributed by atoms with Crippen LogP contribution in [0.4, 0.5) is 0 Å². The van der Waals surface area contributed by atoms with E-state index in [0.717, 1.165) is 59.8 Å². The SMILES string of the molecule is CC1=C(I)[Se]C(=C2[Se]C(I)=C(I)[Se]2)[Se]1. The molecule has 0 nitrogen and oxygen atoms in total. The van der Waals surface area contributed by atoms with Gasteiger partial charge in [-0.25, -0.2) is 0 Å². The third kappa shape index (κ3) is 3.28. The first-order valence-corrected chi connectivity index (χ1v) is 13.5. The van der Waals surface area contributed by atoms with Crippen molar-refractivity contribution in [3.63, 3.8) is 0 Å². The first kappa shape index (κ1) is 13.9. The molecule has 0 unspecified atom stereocenters. The Labute approximate surface area is 150 Å². The van der Waals surface area contributed by atoms with E-state index >= 15 is 0 Å². The summed E-state index contributed by atoms with van der Waals surface area (Å²) in [6, 6.07) is 0. The van der Waals surface area contributed by atoms with E-state index in [2.05, 4.69) is 74.7 Å². The van der Waals surface area contributed by atoms with Crippen LogP contribution < -0.4 is 0 Å². The Morgan fingerprint density at radius 3 is 1.57 bits per heavy atom. The minimum absolute atomic E-state index is 0.720. The van der Waals surface area contributed by atoms with Crippen LogP contribution in [-0.4, -0.2) is 59.8 Å². The Balaban J connectivity index is 2.17. The van der Waals surface area contributed by atoms with E-state index in [4.69, 9.17) is 0 Å². The van der Waals surface area contributed by atoms with Crippen molar-refractivity contribution in [3.05, 3.63) is 18.6 Å². The summed E-state index contributed by atoms with van der Waals surface area (Å²) in [6.45, 7) is 2.33. The summed E-state index contributed by atoms with van der Waals surface area (Å²) in [6.07, 6.45) is 0. The van der Waals surface area contributed by atoms with Crippen LogP contribution in [0.25, 0.3) is 0 Å². The fourth-order valence-corrected chi connectivity index (χ4v) is 24.9. The van der Waals surface area contributed by atoms with Gasteiger partial charge in [0.15, 0.2) is 0 Å². The van der Waals surface area contributed by atoms with Crippen LogP contribution in [0.1, 0.15) is 6.92 Å². The molecule has 14 heavy (non-hydrogen) atoms. The molecule has 0 bridgehead atoms. The molecule has 0 saturated heterocycles. The summed E-state index contributed by atoms with van der Waals surface area (Å²) in [5.74, 6) is 0. The summed E-state index contributed by atoms with van der Waals surface area (Å²) < 4.78 is 10.5. The quantitative estimate of drug-likeness (QED) is 0.262. The van der Waals surface area contributed by atoms with Crippen LogP contribution in [0.15, 0.2) is 18.6 Å². The van der Waals surface area contributed by atoms with Crippen LogP contribution in [-0.2, 0) is 0 Å². The molecule has 0 spiro atoms. The van der Waals surface area contributed by atoms with E-state index < -0.39 is 0 Å². The van der Waals surface area contributed by atoms with Crippen molar-refractivity contribution < 1.29 is 0 Å². The Hall–Kier alpha value is 3.49. The monoisotopic (exact) mass is 787 g/mol. The Morgan fingerprint density at radius 1 is 0.714 bits per heavy atom. The van der Waals surface area contributed by atoms with Gasteiger partial charge in [0.25, 0.3) is 0 Å². The van der Waals surface area contributed by atoms with Gasteiger partial charge in [-0.1, -0.05) is 0 Å². The van der Waals surface area contributed by atoms with Crippen molar-refractivity contribution in [2.45, 2.75) is 6.92 Å². The summed E-state index contributed by atoms with van der Waals surface area (Å²) in [5, 5.41) is 0. The molecule has 0 aromatic heterocycles. The van der Waals surface area contributed by atoms with Crippen molar-refractivity contribution in [3.8, 4) is 0 Å². The zero-order valence-corrected chi connectivity index (χ0v) is 20.1. The molecule has 0 aliphatic carbocycles. The molecule has 2 heterocycles. The first-order valence-electron chi connectivity index (χ1n) is 3.45. The number of halogens is 3. The van der Waals surface area contributed by atoms with Crippen molar-refractivity contribution in [1.82, 2.24) is 0 Å². The van der Waals surface area contributed by atoms with E-state index in [1.165, 1.54) is 0 Å². The molecule has 0 atom stereocenters. The fourth-order valence-electron chi connectivity index (χ4n) is 0.784. The average Bonchev–Trinajstić information content (AvgIpc) is 2.60. The maximum atomic E-state index is 2.56. The molecular formula is C7H3I3Se4. The molecule has 0 N–H and O–H groups in total. The van der Waals surface area contributed by atoms with Gasteiger partial charge in [0.2, 0.25) is 0 Å². The molecule has 0 aromatic rings. The van der Waals surface area contributed by atoms with Gasteiger partial charge in [0.1, 0.15) is 0 Å². The second-order valence-corrected chi connectivity index (χ2v) is 22.1. The second-order valence-electron chi connectivity index (χ2n) is 2.36. The maximum absolute atomic E-state index is 2.56. The second kappa shape index (κ2) is 6.09. The van der Waals surface area contributed by atoms with E-state index in [-0.39, 0.29) is 0 Å². The summed E-state index contributed by atoms with van der Waals surface area (Å²) in [7, 11) is 0. The van der Waals surface area contributed by atoms with Crippen molar-refractivity contribution in [2.24, 2.45) is 0 Å². The van der Waals surface area contributed by atoms with Crippen LogP contribution in [0.2, 0.25) is 0 Å². The Kier molecular flexibility index (Phi) is 6.05. The molecule has 7 heteroatoms. The van der Waals surface area contributed by atoms with E-state index in [0.29, 0.717) is 0 Å². The zero-order valence-electron chi connectivity index (χ0n) is 6.77. The van der Waals surface area contributed by atoms with Crippen LogP contribution >= 0.6 is 67.8 Å². The molecule has 2 aliphatic rings. The Bertz CT molecular complexity index is 314. The summed E-state index contributed by atoms with van der Waals surface area (Å²) in [4.78, 5) is 0. The Morgan fingerprint density at radius 2 is 1.14 bits per heavy atom. The van der Waals surface area contributed by atoms with Gasteiger partial charge < -0.3 is 0 Å². The van der Waals surface area contributed by atoms with Crippen molar-refractivity contribution in [1.29, 1.82) is 0 Å². The molecule has 2 rings (SSSR count). The molecule has 0 radical (unpaired) electrons. The van der Waals surface area contributed by atoms with Gasteiger partial charge in [0.05, 0.1) is 0 Å². The predicted molar refractivity (Wildman–Crippen MR) is 91.8 cm³/mol. The average molecular weight is 784 g/mol. The van der Waals surface area contributed by atoms with Gasteiger partial charge in [-0.3, -0.25) is 0 Å². The number of rotatable bonds is 0. The number of hydrogen-bond acceptors (Lipinski definition) is 0. The van der Waals surface area contributed by atoms with Gasteiger partial charge in [0, 0.05) is 0 Å². The zero-order chi connectivity index (χ0) is 10.3. The van der Waals surface area contributed by atoms with Crippen molar-refractivity contribution >= 4 is 128 Å². The van der Waals surface area contributed by atoms with Gasteiger partial charge in [-0.2, -0.15) is 0 Å². The third-order valence-corrected chi connectivity index (χ3v) is 24.7. The van der Waals surface area contributed by atoms with E-state index in [1.54, 1.807) is 11.9 Å². The normalized spacial score (nSPS) is 23.1. The van der Waals surface area contributed by atoms with Gasteiger partial charge >= 0.3 is 153 Å². The molecule has 0 amide bonds. The van der Waals surface area contributed by atoms with E-state index in [1.807, 2.05) is 6.74 Å². The van der Waals surface area contributed by atoms with Crippen LogP contribution in [0.3, 0.4) is 0 Å². The first-order chi connectivity index (χ1) is 6.58. The molecule has 76 valence electrons. The van der Waals surface area contributed by atoms with Gasteiger partial charge in [-0.15, -0.1) is 0 Å². The topological polar surface area (TPSA) is 0 Å². The molecular weight excluding hydrogens is 781 g/mol. The van der Waals surface area contributed by atoms with Crippen LogP contribution in [0, 0.1) is 0 Å². The number of allylic oxidation sites excluding steroid dienone is 1. The molecule has 0 fully saturated rings. The minimum atomic E-state index is 0.720. The van der Waals surface area contributed by atoms with Crippen LogP contribution in [0.5, 0.6) is 0 Å². The predicted octanol–water partition coefficient (Wildman–Crippen LogP) is 2.58. The summed E-state index contributed by atoms with van der Waals surface area (Å²) in [5.41, 5.74) is 0. The summed E-state index contributed by atoms with van der Waals surface area (Å²) >= 11 is 10.5. The third-order valence-electron chi connectivity index (χ3n) is 1.39. The fraction of sp³-hybridized carbons (Fsp3) is 0.143. The van der Waals surface area contributed by atoms with Gasteiger partial charge in [-0.05, 0) is 0 Å². The molecule has 0 aromatic carbocycles. The van der Waals surface area contributed by atoms with E-state index in [9.17, 15) is 0 Å². The van der Waals surface area contributed by atoms with Crippen molar-refractivity contribution in [2.75, 3.05) is 0 Å². The molecule has 0 saturated carbocycles.